The molecule has 2 aromatic heterocycles. The third-order valence-electron chi connectivity index (χ3n) is 5.05. The summed E-state index contributed by atoms with van der Waals surface area (Å²) in [5.74, 6) is -0.200. The molecule has 3 heterocycles. The van der Waals surface area contributed by atoms with E-state index in [-0.39, 0.29) is 34.6 Å². The van der Waals surface area contributed by atoms with Crippen molar-refractivity contribution in [2.24, 2.45) is 0 Å². The van der Waals surface area contributed by atoms with Crippen molar-refractivity contribution in [2.45, 2.75) is 17.9 Å². The topological polar surface area (TPSA) is 131 Å². The van der Waals surface area contributed by atoms with Gasteiger partial charge in [0.15, 0.2) is 10.6 Å². The first-order valence-corrected chi connectivity index (χ1v) is 11.4. The molecule has 0 saturated carbocycles. The predicted octanol–water partition coefficient (Wildman–Crippen LogP) is 1.41. The van der Waals surface area contributed by atoms with Crippen LogP contribution in [0.15, 0.2) is 41.6 Å². The van der Waals surface area contributed by atoms with Crippen LogP contribution in [0, 0.1) is 0 Å². The largest absolute Gasteiger partial charge is 0.496 e. The molecule has 1 aliphatic rings. The number of carbonyl (C=O) groups is 1. The third-order valence-corrected chi connectivity index (χ3v) is 6.43. The second-order valence-corrected chi connectivity index (χ2v) is 8.64. The molecule has 0 radical (unpaired) electrons. The number of nitrogens with zero attached hydrogens (tertiary/aromatic N) is 3. The summed E-state index contributed by atoms with van der Waals surface area (Å²) in [5, 5.41) is 4.13. The van der Waals surface area contributed by atoms with Crippen LogP contribution in [0.4, 0.5) is 0 Å². The smallest absolute Gasteiger partial charge is 0.283 e. The molecule has 0 bridgehead atoms. The van der Waals surface area contributed by atoms with Crippen LogP contribution in [-0.2, 0) is 23.0 Å². The maximum absolute atomic E-state index is 13.2. The van der Waals surface area contributed by atoms with Gasteiger partial charge in [-0.05, 0) is 18.2 Å². The number of nitrogens with one attached hydrogen (secondary N) is 1. The van der Waals surface area contributed by atoms with Crippen LogP contribution in [-0.4, -0.2) is 57.0 Å². The maximum Gasteiger partial charge on any atom is 0.283 e. The van der Waals surface area contributed by atoms with Gasteiger partial charge in [-0.1, -0.05) is 0 Å². The molecule has 0 atom stereocenters. The minimum Gasteiger partial charge on any atom is -0.496 e. The molecule has 1 N–H and O–H groups in total. The highest BCUT2D eigenvalue weighted by Gasteiger charge is 2.34. The number of rotatable bonds is 8. The molecule has 4 rings (SSSR count). The fourth-order valence-corrected chi connectivity index (χ4v) is 4.84. The average molecular weight is 474 g/mol. The number of amides is 1. The molecule has 33 heavy (non-hydrogen) atoms. The molecule has 0 saturated heterocycles. The number of aromatic nitrogens is 3. The van der Waals surface area contributed by atoms with E-state index in [1.54, 1.807) is 29.2 Å². The zero-order valence-corrected chi connectivity index (χ0v) is 19.0. The van der Waals surface area contributed by atoms with E-state index in [1.165, 1.54) is 33.5 Å². The summed E-state index contributed by atoms with van der Waals surface area (Å²) < 4.78 is 51.5. The molecule has 11 nitrogen and oxygen atoms in total. The summed E-state index contributed by atoms with van der Waals surface area (Å²) in [5.41, 5.74) is 1.13. The lowest BCUT2D eigenvalue weighted by Gasteiger charge is -2.16. The van der Waals surface area contributed by atoms with E-state index in [0.717, 1.165) is 0 Å². The lowest BCUT2D eigenvalue weighted by molar-refractivity contribution is 0.0975. The Kier molecular flexibility index (Phi) is 6.09. The van der Waals surface area contributed by atoms with Crippen molar-refractivity contribution in [1.82, 2.24) is 19.5 Å². The van der Waals surface area contributed by atoms with Crippen molar-refractivity contribution in [3.8, 4) is 23.1 Å². The minimum absolute atomic E-state index is 0.00656. The average Bonchev–Trinajstić information content (AvgIpc) is 3.49. The van der Waals surface area contributed by atoms with Gasteiger partial charge in [0.05, 0.1) is 34.5 Å². The van der Waals surface area contributed by atoms with Gasteiger partial charge in [-0.2, -0.15) is 5.10 Å². The number of benzene rings is 1. The van der Waals surface area contributed by atoms with Crippen LogP contribution in [0.2, 0.25) is 0 Å². The molecular formula is C21H22N4O7S. The van der Waals surface area contributed by atoms with Crippen molar-refractivity contribution < 1.29 is 32.2 Å². The van der Waals surface area contributed by atoms with Crippen molar-refractivity contribution in [1.29, 1.82) is 0 Å². The Morgan fingerprint density at radius 1 is 1.18 bits per heavy atom. The van der Waals surface area contributed by atoms with Crippen molar-refractivity contribution >= 4 is 15.9 Å². The number of ether oxygens (including phenoxy) is 4. The van der Waals surface area contributed by atoms with Gasteiger partial charge in [0.2, 0.25) is 5.88 Å². The minimum atomic E-state index is -4.37. The predicted molar refractivity (Wildman–Crippen MR) is 116 cm³/mol. The van der Waals surface area contributed by atoms with Crippen LogP contribution < -0.4 is 23.7 Å². The van der Waals surface area contributed by atoms with Gasteiger partial charge >= 0.3 is 0 Å². The van der Waals surface area contributed by atoms with Gasteiger partial charge in [0.1, 0.15) is 17.2 Å². The van der Waals surface area contributed by atoms with Gasteiger partial charge in [-0.15, -0.1) is 0 Å². The lowest BCUT2D eigenvalue weighted by atomic mass is 10.1. The molecule has 0 spiro atoms. The summed E-state index contributed by atoms with van der Waals surface area (Å²) in [7, 11) is -0.167. The Balaban J connectivity index is 1.64. The van der Waals surface area contributed by atoms with E-state index < -0.39 is 15.9 Å². The Hall–Kier alpha value is -3.80. The molecule has 0 fully saturated rings. The quantitative estimate of drug-likeness (QED) is 0.515. The molecular weight excluding hydrogens is 452 g/mol. The van der Waals surface area contributed by atoms with Crippen molar-refractivity contribution in [3.05, 3.63) is 53.5 Å². The van der Waals surface area contributed by atoms with E-state index >= 15 is 0 Å². The molecule has 3 aromatic rings. The lowest BCUT2D eigenvalue weighted by Crippen LogP contribution is -2.32. The normalized spacial score (nSPS) is 12.6. The Morgan fingerprint density at radius 3 is 2.64 bits per heavy atom. The Labute approximate surface area is 190 Å². The third kappa shape index (κ3) is 4.29. The molecule has 1 amide bonds. The fraction of sp³-hybridized carbons (Fsp3) is 0.286. The summed E-state index contributed by atoms with van der Waals surface area (Å²) in [4.78, 5) is 16.7. The van der Waals surface area contributed by atoms with Gasteiger partial charge < -0.3 is 18.9 Å². The highest BCUT2D eigenvalue weighted by atomic mass is 32.2. The molecule has 1 aromatic carbocycles. The van der Waals surface area contributed by atoms with Gasteiger partial charge in [-0.25, -0.2) is 18.1 Å². The SMILES string of the molecule is COc1cc(OC)c(S(=O)(=O)NC(=O)c2ccc(Cn3cccn3)c(OC)n2)c2c1CCO2. The van der Waals surface area contributed by atoms with E-state index in [1.807, 2.05) is 4.72 Å². The fourth-order valence-electron chi connectivity index (χ4n) is 3.55. The van der Waals surface area contributed by atoms with E-state index in [9.17, 15) is 13.2 Å². The summed E-state index contributed by atoms with van der Waals surface area (Å²) in [6, 6.07) is 6.28. The number of sulfonamides is 1. The molecule has 12 heteroatoms. The van der Waals surface area contributed by atoms with Crippen LogP contribution >= 0.6 is 0 Å². The number of fused-ring (bicyclic) bond motifs is 1. The number of hydrogen-bond acceptors (Lipinski definition) is 9. The summed E-state index contributed by atoms with van der Waals surface area (Å²) >= 11 is 0. The number of hydrogen-bond donors (Lipinski definition) is 1. The number of pyridine rings is 1. The second-order valence-electron chi connectivity index (χ2n) is 7.02. The van der Waals surface area contributed by atoms with Crippen LogP contribution in [0.3, 0.4) is 0 Å². The maximum atomic E-state index is 13.2. The van der Waals surface area contributed by atoms with Gasteiger partial charge in [0.25, 0.3) is 15.9 Å². The van der Waals surface area contributed by atoms with E-state index in [0.29, 0.717) is 29.8 Å². The zero-order valence-electron chi connectivity index (χ0n) is 18.2. The monoisotopic (exact) mass is 474 g/mol. The second kappa shape index (κ2) is 8.98. The van der Waals surface area contributed by atoms with Crippen molar-refractivity contribution in [3.63, 3.8) is 0 Å². The van der Waals surface area contributed by atoms with Crippen LogP contribution in [0.1, 0.15) is 21.6 Å². The standard InChI is InChI=1S/C21H22N4O7S/c1-29-16-11-17(30-2)19(18-14(16)7-10-32-18)33(27,28)24-20(26)15-6-5-13(21(23-15)31-3)12-25-9-4-8-22-25/h4-6,8-9,11H,7,10,12H2,1-3H3,(H,24,26). The first kappa shape index (κ1) is 22.4. The highest BCUT2D eigenvalue weighted by Crippen LogP contribution is 2.44. The zero-order chi connectivity index (χ0) is 23.6. The van der Waals surface area contributed by atoms with E-state index in [4.69, 9.17) is 18.9 Å². The molecule has 1 aliphatic heterocycles. The Morgan fingerprint density at radius 2 is 1.97 bits per heavy atom. The molecule has 0 aliphatic carbocycles. The molecule has 174 valence electrons. The van der Waals surface area contributed by atoms with Crippen LogP contribution in [0.25, 0.3) is 0 Å². The first-order valence-electron chi connectivity index (χ1n) is 9.87. The molecule has 0 unspecified atom stereocenters. The van der Waals surface area contributed by atoms with Gasteiger partial charge in [0, 0.05) is 36.0 Å². The summed E-state index contributed by atoms with van der Waals surface area (Å²) in [6.07, 6.45) is 3.88. The van der Waals surface area contributed by atoms with E-state index in [2.05, 4.69) is 10.1 Å². The first-order chi connectivity index (χ1) is 15.9. The Bertz CT molecular complexity index is 1290. The highest BCUT2D eigenvalue weighted by molar-refractivity contribution is 7.90. The summed E-state index contributed by atoms with van der Waals surface area (Å²) in [6.45, 7) is 0.654. The number of methoxy groups -OCH3 is 3. The van der Waals surface area contributed by atoms with Crippen LogP contribution in [0.5, 0.6) is 23.1 Å². The number of carbonyl (C=O) groups excluding carboxylic acids is 1. The van der Waals surface area contributed by atoms with Gasteiger partial charge in [-0.3, -0.25) is 9.48 Å². The van der Waals surface area contributed by atoms with Crippen molar-refractivity contribution in [2.75, 3.05) is 27.9 Å².